The van der Waals surface area contributed by atoms with Crippen LogP contribution < -0.4 is 5.73 Å². The zero-order chi connectivity index (χ0) is 12.5. The van der Waals surface area contributed by atoms with Gasteiger partial charge in [-0.2, -0.15) is 0 Å². The van der Waals surface area contributed by atoms with E-state index in [0.29, 0.717) is 5.75 Å². The van der Waals surface area contributed by atoms with E-state index in [4.69, 9.17) is 10.8 Å². The van der Waals surface area contributed by atoms with Gasteiger partial charge in [0.15, 0.2) is 0 Å². The Morgan fingerprint density at radius 3 is 2.88 bits per heavy atom. The number of aryl methyl sites for hydroxylation is 2. The van der Waals surface area contributed by atoms with Crippen molar-refractivity contribution in [2.75, 3.05) is 5.75 Å². The molecule has 1 aromatic rings. The van der Waals surface area contributed by atoms with Gasteiger partial charge >= 0.3 is 5.97 Å². The third kappa shape index (κ3) is 2.82. The number of aliphatic carboxylic acids is 1. The first-order chi connectivity index (χ1) is 7.99. The summed E-state index contributed by atoms with van der Waals surface area (Å²) in [5.41, 5.74) is 7.38. The van der Waals surface area contributed by atoms with Crippen molar-refractivity contribution in [1.82, 2.24) is 0 Å². The summed E-state index contributed by atoms with van der Waals surface area (Å²) >= 11 is 1.52. The fourth-order valence-corrected chi connectivity index (χ4v) is 2.91. The maximum absolute atomic E-state index is 10.9. The summed E-state index contributed by atoms with van der Waals surface area (Å²) in [5.74, 6) is -0.563. The molecule has 1 aliphatic rings. The molecule has 0 saturated carbocycles. The van der Waals surface area contributed by atoms with Gasteiger partial charge in [0, 0.05) is 10.6 Å². The fraction of sp³-hybridized carbons (Fsp3) is 0.462. The zero-order valence-corrected chi connectivity index (χ0v) is 10.7. The van der Waals surface area contributed by atoms with E-state index in [1.54, 1.807) is 6.92 Å². The number of thioether (sulfide) groups is 1. The molecule has 0 saturated heterocycles. The highest BCUT2D eigenvalue weighted by atomic mass is 32.2. The van der Waals surface area contributed by atoms with Crippen molar-refractivity contribution in [3.8, 4) is 0 Å². The van der Waals surface area contributed by atoms with Crippen molar-refractivity contribution in [2.45, 2.75) is 36.6 Å². The molecule has 0 heterocycles. The number of fused-ring (bicyclic) bond motifs is 1. The minimum Gasteiger partial charge on any atom is -0.480 e. The quantitative estimate of drug-likeness (QED) is 0.804. The first-order valence-electron chi connectivity index (χ1n) is 5.76. The highest BCUT2D eigenvalue weighted by Gasteiger charge is 2.27. The second-order valence-corrected chi connectivity index (χ2v) is 5.84. The van der Waals surface area contributed by atoms with Crippen LogP contribution >= 0.6 is 11.8 Å². The lowest BCUT2D eigenvalue weighted by Gasteiger charge is -2.18. The summed E-state index contributed by atoms with van der Waals surface area (Å²) in [5, 5.41) is 8.94. The van der Waals surface area contributed by atoms with E-state index in [1.165, 1.54) is 35.7 Å². The number of rotatable bonds is 4. The van der Waals surface area contributed by atoms with E-state index in [1.807, 2.05) is 0 Å². The Bertz CT molecular complexity index is 443. The van der Waals surface area contributed by atoms with E-state index < -0.39 is 11.5 Å². The molecule has 1 aliphatic carbocycles. The molecule has 4 heteroatoms. The minimum absolute atomic E-state index is 0.390. The molecule has 92 valence electrons. The average Bonchev–Trinajstić information content (AvgIpc) is 2.73. The lowest BCUT2D eigenvalue weighted by atomic mass is 10.1. The molecular formula is C13H17NO2S. The first kappa shape index (κ1) is 12.5. The van der Waals surface area contributed by atoms with Crippen LogP contribution in [-0.2, 0) is 17.6 Å². The summed E-state index contributed by atoms with van der Waals surface area (Å²) in [7, 11) is 0. The topological polar surface area (TPSA) is 63.3 Å². The van der Waals surface area contributed by atoms with Gasteiger partial charge in [0.05, 0.1) is 0 Å². The lowest BCUT2D eigenvalue weighted by Crippen LogP contribution is -2.47. The maximum Gasteiger partial charge on any atom is 0.324 e. The third-order valence-electron chi connectivity index (χ3n) is 3.10. The Labute approximate surface area is 105 Å². The van der Waals surface area contributed by atoms with Crippen molar-refractivity contribution < 1.29 is 9.90 Å². The summed E-state index contributed by atoms with van der Waals surface area (Å²) < 4.78 is 0. The number of benzene rings is 1. The standard InChI is InChI=1S/C13H17NO2S/c1-13(14,12(15)16)8-17-11-6-5-9-3-2-4-10(9)7-11/h5-7H,2-4,8,14H2,1H3,(H,15,16). The van der Waals surface area contributed by atoms with E-state index >= 15 is 0 Å². The Morgan fingerprint density at radius 2 is 2.18 bits per heavy atom. The third-order valence-corrected chi connectivity index (χ3v) is 4.43. The molecule has 1 aromatic carbocycles. The zero-order valence-electron chi connectivity index (χ0n) is 9.90. The second-order valence-electron chi connectivity index (χ2n) is 4.80. The largest absolute Gasteiger partial charge is 0.480 e. The predicted octanol–water partition coefficient (Wildman–Crippen LogP) is 2.07. The first-order valence-corrected chi connectivity index (χ1v) is 6.74. The van der Waals surface area contributed by atoms with Gasteiger partial charge in [0.25, 0.3) is 0 Å². The smallest absolute Gasteiger partial charge is 0.324 e. The van der Waals surface area contributed by atoms with Crippen LogP contribution in [0, 0.1) is 0 Å². The Balaban J connectivity index is 2.03. The van der Waals surface area contributed by atoms with Gasteiger partial charge in [-0.05, 0) is 49.4 Å². The monoisotopic (exact) mass is 251 g/mol. The molecular weight excluding hydrogens is 234 g/mol. The highest BCUT2D eigenvalue weighted by molar-refractivity contribution is 7.99. The Hall–Kier alpha value is -1.00. The Morgan fingerprint density at radius 1 is 1.47 bits per heavy atom. The van der Waals surface area contributed by atoms with E-state index in [0.717, 1.165) is 11.3 Å². The van der Waals surface area contributed by atoms with Gasteiger partial charge in [-0.15, -0.1) is 11.8 Å². The fourth-order valence-electron chi connectivity index (χ4n) is 1.93. The van der Waals surface area contributed by atoms with Crippen LogP contribution in [0.4, 0.5) is 0 Å². The molecule has 1 unspecified atom stereocenters. The van der Waals surface area contributed by atoms with Gasteiger partial charge in [-0.3, -0.25) is 4.79 Å². The van der Waals surface area contributed by atoms with Gasteiger partial charge < -0.3 is 10.8 Å². The summed E-state index contributed by atoms with van der Waals surface area (Å²) in [6, 6.07) is 6.39. The van der Waals surface area contributed by atoms with Crippen LogP contribution in [0.2, 0.25) is 0 Å². The number of carbonyl (C=O) groups is 1. The van der Waals surface area contributed by atoms with E-state index in [9.17, 15) is 4.79 Å². The molecule has 0 fully saturated rings. The van der Waals surface area contributed by atoms with Crippen LogP contribution in [0.5, 0.6) is 0 Å². The molecule has 0 amide bonds. The van der Waals surface area contributed by atoms with Crippen LogP contribution in [0.1, 0.15) is 24.5 Å². The van der Waals surface area contributed by atoms with Crippen LogP contribution in [-0.4, -0.2) is 22.4 Å². The molecule has 0 radical (unpaired) electrons. The summed E-state index contributed by atoms with van der Waals surface area (Å²) in [4.78, 5) is 12.0. The molecule has 17 heavy (non-hydrogen) atoms. The van der Waals surface area contributed by atoms with Crippen LogP contribution in [0.15, 0.2) is 23.1 Å². The van der Waals surface area contributed by atoms with Crippen molar-refractivity contribution in [3.63, 3.8) is 0 Å². The van der Waals surface area contributed by atoms with Crippen molar-refractivity contribution in [2.24, 2.45) is 5.73 Å². The average molecular weight is 251 g/mol. The van der Waals surface area contributed by atoms with Crippen molar-refractivity contribution in [3.05, 3.63) is 29.3 Å². The number of nitrogens with two attached hydrogens (primary N) is 1. The molecule has 3 nitrogen and oxygen atoms in total. The second kappa shape index (κ2) is 4.70. The summed E-state index contributed by atoms with van der Waals surface area (Å²) in [6.45, 7) is 1.55. The molecule has 0 spiro atoms. The van der Waals surface area contributed by atoms with Crippen molar-refractivity contribution in [1.29, 1.82) is 0 Å². The van der Waals surface area contributed by atoms with Crippen LogP contribution in [0.3, 0.4) is 0 Å². The molecule has 0 bridgehead atoms. The van der Waals surface area contributed by atoms with Gasteiger partial charge in [-0.1, -0.05) is 6.07 Å². The molecule has 0 aliphatic heterocycles. The normalized spacial score (nSPS) is 17.5. The molecule has 1 atom stereocenters. The predicted molar refractivity (Wildman–Crippen MR) is 69.4 cm³/mol. The van der Waals surface area contributed by atoms with E-state index in [2.05, 4.69) is 18.2 Å². The number of hydrogen-bond acceptors (Lipinski definition) is 3. The SMILES string of the molecule is CC(N)(CSc1ccc2c(c1)CCC2)C(=O)O. The van der Waals surface area contributed by atoms with Gasteiger partial charge in [0.1, 0.15) is 5.54 Å². The minimum atomic E-state index is -1.16. The highest BCUT2D eigenvalue weighted by Crippen LogP contribution is 2.28. The molecule has 2 rings (SSSR count). The summed E-state index contributed by atoms with van der Waals surface area (Å²) in [6.07, 6.45) is 3.54. The van der Waals surface area contributed by atoms with Crippen LogP contribution in [0.25, 0.3) is 0 Å². The molecule has 3 N–H and O–H groups in total. The van der Waals surface area contributed by atoms with Gasteiger partial charge in [-0.25, -0.2) is 0 Å². The lowest BCUT2D eigenvalue weighted by molar-refractivity contribution is -0.141. The Kier molecular flexibility index (Phi) is 3.45. The maximum atomic E-state index is 10.9. The van der Waals surface area contributed by atoms with E-state index in [-0.39, 0.29) is 0 Å². The van der Waals surface area contributed by atoms with Gasteiger partial charge in [0.2, 0.25) is 0 Å². The molecule has 0 aromatic heterocycles. The number of carboxylic acid groups (broad SMARTS) is 1. The number of hydrogen-bond donors (Lipinski definition) is 2. The van der Waals surface area contributed by atoms with Crippen molar-refractivity contribution >= 4 is 17.7 Å². The number of carboxylic acids is 1.